The number of fused-ring (bicyclic) bond motifs is 1. The molecule has 0 unspecified atom stereocenters. The van der Waals surface area contributed by atoms with Crippen molar-refractivity contribution in [3.63, 3.8) is 0 Å². The zero-order valence-electron chi connectivity index (χ0n) is 13.1. The van der Waals surface area contributed by atoms with Crippen molar-refractivity contribution >= 4 is 17.6 Å². The Bertz CT molecular complexity index is 621. The normalized spacial score (nSPS) is 22.5. The summed E-state index contributed by atoms with van der Waals surface area (Å²) in [5.41, 5.74) is 7.74. The Morgan fingerprint density at radius 1 is 1.23 bits per heavy atom. The molecule has 2 N–H and O–H groups in total. The summed E-state index contributed by atoms with van der Waals surface area (Å²) >= 11 is 0. The molecule has 0 aromatic carbocycles. The molecule has 0 saturated carbocycles. The van der Waals surface area contributed by atoms with Gasteiger partial charge < -0.3 is 10.6 Å². The molecule has 2 aliphatic rings. The summed E-state index contributed by atoms with van der Waals surface area (Å²) in [6.45, 7) is 5.43. The van der Waals surface area contributed by atoms with E-state index in [1.54, 1.807) is 0 Å². The number of ketones is 1. The maximum Gasteiger partial charge on any atom is 0.225 e. The Hall–Kier alpha value is -1.98. The number of rotatable bonds is 2. The van der Waals surface area contributed by atoms with Crippen LogP contribution in [0.25, 0.3) is 0 Å². The Labute approximate surface area is 130 Å². The number of piperidine rings is 1. The number of aryl methyl sites for hydroxylation is 1. The van der Waals surface area contributed by atoms with E-state index in [0.717, 1.165) is 43.7 Å². The second-order valence-electron chi connectivity index (χ2n) is 6.53. The molecular formula is C16H22N4O2. The van der Waals surface area contributed by atoms with Gasteiger partial charge in [0.2, 0.25) is 11.9 Å². The van der Waals surface area contributed by atoms with Crippen LogP contribution >= 0.6 is 0 Å². The maximum atomic E-state index is 12.2. The molecule has 0 bridgehead atoms. The van der Waals surface area contributed by atoms with Gasteiger partial charge in [0, 0.05) is 25.4 Å². The number of amides is 1. The largest absolute Gasteiger partial charge is 0.369 e. The summed E-state index contributed by atoms with van der Waals surface area (Å²) < 4.78 is 0. The van der Waals surface area contributed by atoms with Gasteiger partial charge in [-0.2, -0.15) is 0 Å². The Morgan fingerprint density at radius 3 is 2.55 bits per heavy atom. The molecule has 3 rings (SSSR count). The zero-order chi connectivity index (χ0) is 15.9. The lowest BCUT2D eigenvalue weighted by atomic mass is 9.86. The highest BCUT2D eigenvalue weighted by Crippen LogP contribution is 2.28. The number of nitrogens with zero attached hydrogens (tertiary/aromatic N) is 3. The van der Waals surface area contributed by atoms with Crippen LogP contribution in [-0.4, -0.2) is 34.7 Å². The average molecular weight is 302 g/mol. The summed E-state index contributed by atoms with van der Waals surface area (Å²) in [5, 5.41) is 0. The number of aromatic nitrogens is 2. The van der Waals surface area contributed by atoms with Crippen LogP contribution in [0, 0.1) is 18.8 Å². The fourth-order valence-electron chi connectivity index (χ4n) is 3.45. The van der Waals surface area contributed by atoms with E-state index in [0.29, 0.717) is 23.9 Å². The summed E-state index contributed by atoms with van der Waals surface area (Å²) in [4.78, 5) is 34.7. The van der Waals surface area contributed by atoms with E-state index in [1.165, 1.54) is 0 Å². The van der Waals surface area contributed by atoms with Crippen molar-refractivity contribution < 1.29 is 9.59 Å². The molecular weight excluding hydrogens is 280 g/mol. The Morgan fingerprint density at radius 2 is 1.91 bits per heavy atom. The predicted molar refractivity (Wildman–Crippen MR) is 82.7 cm³/mol. The average Bonchev–Trinajstić information content (AvgIpc) is 2.46. The van der Waals surface area contributed by atoms with Crippen molar-refractivity contribution in [2.24, 2.45) is 17.6 Å². The maximum absolute atomic E-state index is 12.2. The second-order valence-corrected chi connectivity index (χ2v) is 6.53. The number of hydrogen-bond donors (Lipinski definition) is 1. The van der Waals surface area contributed by atoms with Crippen LogP contribution in [0.5, 0.6) is 0 Å². The molecule has 1 fully saturated rings. The molecule has 118 valence electrons. The Balaban J connectivity index is 1.84. The highest BCUT2D eigenvalue weighted by atomic mass is 16.1. The number of anilines is 1. The van der Waals surface area contributed by atoms with Gasteiger partial charge in [0.25, 0.3) is 0 Å². The van der Waals surface area contributed by atoms with Crippen LogP contribution < -0.4 is 10.6 Å². The van der Waals surface area contributed by atoms with E-state index in [4.69, 9.17) is 5.73 Å². The number of carbonyl (C=O) groups excluding carboxylic acids is 2. The van der Waals surface area contributed by atoms with Gasteiger partial charge in [0.1, 0.15) is 0 Å². The topological polar surface area (TPSA) is 89.2 Å². The van der Waals surface area contributed by atoms with E-state index in [1.807, 2.05) is 6.92 Å². The monoisotopic (exact) mass is 302 g/mol. The van der Waals surface area contributed by atoms with Gasteiger partial charge in [-0.1, -0.05) is 6.92 Å². The lowest BCUT2D eigenvalue weighted by Gasteiger charge is -2.31. The molecule has 1 aromatic rings. The van der Waals surface area contributed by atoms with Gasteiger partial charge in [0.15, 0.2) is 5.78 Å². The van der Waals surface area contributed by atoms with Gasteiger partial charge in [0.05, 0.1) is 17.0 Å². The Kier molecular flexibility index (Phi) is 3.85. The molecule has 1 aliphatic heterocycles. The van der Waals surface area contributed by atoms with Crippen molar-refractivity contribution in [3.05, 3.63) is 17.0 Å². The summed E-state index contributed by atoms with van der Waals surface area (Å²) in [6, 6.07) is 0. The quantitative estimate of drug-likeness (QED) is 0.888. The fourth-order valence-corrected chi connectivity index (χ4v) is 3.45. The second kappa shape index (κ2) is 5.66. The lowest BCUT2D eigenvalue weighted by molar-refractivity contribution is -0.122. The number of nitrogens with two attached hydrogens (primary N) is 1. The lowest BCUT2D eigenvalue weighted by Crippen LogP contribution is -2.39. The smallest absolute Gasteiger partial charge is 0.225 e. The zero-order valence-corrected chi connectivity index (χ0v) is 13.1. The first-order valence-electron chi connectivity index (χ1n) is 7.90. The van der Waals surface area contributed by atoms with Crippen LogP contribution in [0.15, 0.2) is 0 Å². The molecule has 6 nitrogen and oxygen atoms in total. The molecule has 22 heavy (non-hydrogen) atoms. The molecule has 1 saturated heterocycles. The highest BCUT2D eigenvalue weighted by molar-refractivity contribution is 5.99. The van der Waals surface area contributed by atoms with Crippen LogP contribution in [0.3, 0.4) is 0 Å². The molecule has 1 amide bonds. The van der Waals surface area contributed by atoms with Gasteiger partial charge >= 0.3 is 0 Å². The van der Waals surface area contributed by atoms with Crippen LogP contribution in [0.2, 0.25) is 0 Å². The summed E-state index contributed by atoms with van der Waals surface area (Å²) in [5.74, 6) is 0.909. The van der Waals surface area contributed by atoms with Crippen molar-refractivity contribution in [1.29, 1.82) is 0 Å². The summed E-state index contributed by atoms with van der Waals surface area (Å²) in [6.07, 6.45) is 2.89. The molecule has 2 heterocycles. The number of Topliss-reactive ketones (excluding diaryl/α,β-unsaturated/α-hetero) is 1. The molecule has 1 aliphatic carbocycles. The number of primary amides is 1. The molecule has 1 atom stereocenters. The minimum absolute atomic E-state index is 0.0448. The first kappa shape index (κ1) is 14.9. The van der Waals surface area contributed by atoms with Crippen LogP contribution in [0.4, 0.5) is 5.95 Å². The fraction of sp³-hybridized carbons (Fsp3) is 0.625. The molecule has 0 radical (unpaired) electrons. The standard InChI is InChI=1S/C16H22N4O2/c1-9-7-12-14(13(21)8-9)10(2)18-16(19-12)20-5-3-11(4-6-20)15(17)22/h9,11H,3-8H2,1-2H3,(H2,17,22)/t9-/m1/s1. The van der Waals surface area contributed by atoms with Crippen molar-refractivity contribution in [2.75, 3.05) is 18.0 Å². The van der Waals surface area contributed by atoms with E-state index in [9.17, 15) is 9.59 Å². The minimum Gasteiger partial charge on any atom is -0.369 e. The highest BCUT2D eigenvalue weighted by Gasteiger charge is 2.29. The van der Waals surface area contributed by atoms with Crippen molar-refractivity contribution in [3.8, 4) is 0 Å². The van der Waals surface area contributed by atoms with Gasteiger partial charge in [-0.05, 0) is 32.1 Å². The van der Waals surface area contributed by atoms with Crippen LogP contribution in [-0.2, 0) is 11.2 Å². The van der Waals surface area contributed by atoms with Crippen molar-refractivity contribution in [1.82, 2.24) is 9.97 Å². The first-order valence-corrected chi connectivity index (χ1v) is 7.90. The predicted octanol–water partition coefficient (Wildman–Crippen LogP) is 1.25. The van der Waals surface area contributed by atoms with Gasteiger partial charge in [-0.3, -0.25) is 9.59 Å². The minimum atomic E-state index is -0.221. The third-order valence-corrected chi connectivity index (χ3v) is 4.69. The number of carbonyl (C=O) groups is 2. The van der Waals surface area contributed by atoms with Crippen LogP contribution in [0.1, 0.15) is 47.9 Å². The van der Waals surface area contributed by atoms with E-state index in [-0.39, 0.29) is 17.6 Å². The third kappa shape index (κ3) is 2.69. The first-order chi connectivity index (χ1) is 10.5. The SMILES string of the molecule is Cc1nc(N2CCC(C(N)=O)CC2)nc2c1C(=O)C[C@H](C)C2. The third-order valence-electron chi connectivity index (χ3n) is 4.69. The molecule has 6 heteroatoms. The van der Waals surface area contributed by atoms with Gasteiger partial charge in [-0.15, -0.1) is 0 Å². The van der Waals surface area contributed by atoms with E-state index >= 15 is 0 Å². The number of hydrogen-bond acceptors (Lipinski definition) is 5. The van der Waals surface area contributed by atoms with Crippen molar-refractivity contribution in [2.45, 2.75) is 39.5 Å². The molecule has 1 aromatic heterocycles. The van der Waals surface area contributed by atoms with E-state index < -0.39 is 0 Å². The van der Waals surface area contributed by atoms with Gasteiger partial charge in [-0.25, -0.2) is 9.97 Å². The molecule has 0 spiro atoms. The summed E-state index contributed by atoms with van der Waals surface area (Å²) in [7, 11) is 0. The van der Waals surface area contributed by atoms with E-state index in [2.05, 4.69) is 21.8 Å².